The average molecular weight is 438 g/mol. The van der Waals surface area contributed by atoms with Gasteiger partial charge >= 0.3 is 11.9 Å². The van der Waals surface area contributed by atoms with Crippen molar-refractivity contribution in [1.29, 1.82) is 0 Å². The van der Waals surface area contributed by atoms with Gasteiger partial charge in [0.2, 0.25) is 5.95 Å². The smallest absolute Gasteiger partial charge is 0.326 e. The summed E-state index contributed by atoms with van der Waals surface area (Å²) in [6.45, 7) is 0. The van der Waals surface area contributed by atoms with Crippen molar-refractivity contribution in [1.82, 2.24) is 20.3 Å². The Morgan fingerprint density at radius 1 is 0.938 bits per heavy atom. The number of carbonyl (C=O) groups is 3. The van der Waals surface area contributed by atoms with Crippen molar-refractivity contribution in [3.8, 4) is 0 Å². The molecule has 0 aliphatic carbocycles. The largest absolute Gasteiger partial charge is 0.481 e. The zero-order valence-electron chi connectivity index (χ0n) is 17.0. The van der Waals surface area contributed by atoms with Crippen molar-refractivity contribution in [3.63, 3.8) is 0 Å². The van der Waals surface area contributed by atoms with Crippen LogP contribution in [0.25, 0.3) is 11.0 Å². The number of carbonyl (C=O) groups excluding carboxylic acids is 1. The van der Waals surface area contributed by atoms with Gasteiger partial charge in [-0.25, -0.2) is 14.8 Å². The molecule has 1 atom stereocenters. The SMILES string of the molecule is Nc1nc(N)c2nc(CCc3ccc(C(=O)N[C@@H](CCC(=O)O)C(=O)O)cc3)ccc2n1. The minimum atomic E-state index is -1.28. The molecule has 2 heterocycles. The van der Waals surface area contributed by atoms with Crippen molar-refractivity contribution in [3.05, 3.63) is 53.2 Å². The number of anilines is 2. The number of nitrogens with one attached hydrogen (secondary N) is 1. The Hall–Kier alpha value is -4.28. The highest BCUT2D eigenvalue weighted by Gasteiger charge is 2.21. The van der Waals surface area contributed by atoms with E-state index in [9.17, 15) is 14.4 Å². The molecule has 0 fully saturated rings. The van der Waals surface area contributed by atoms with Crippen molar-refractivity contribution >= 4 is 40.6 Å². The number of carboxylic acids is 2. The maximum Gasteiger partial charge on any atom is 0.326 e. The van der Waals surface area contributed by atoms with E-state index in [1.165, 1.54) is 0 Å². The Morgan fingerprint density at radius 2 is 1.66 bits per heavy atom. The molecule has 7 N–H and O–H groups in total. The van der Waals surface area contributed by atoms with Crippen molar-refractivity contribution in [2.75, 3.05) is 11.5 Å². The van der Waals surface area contributed by atoms with Crippen LogP contribution in [-0.2, 0) is 22.4 Å². The van der Waals surface area contributed by atoms with Gasteiger partial charge in [-0.05, 0) is 49.1 Å². The van der Waals surface area contributed by atoms with Crippen LogP contribution >= 0.6 is 0 Å². The fourth-order valence-corrected chi connectivity index (χ4v) is 3.10. The number of carboxylic acid groups (broad SMARTS) is 2. The molecule has 0 aliphatic heterocycles. The van der Waals surface area contributed by atoms with Crippen LogP contribution in [-0.4, -0.2) is 49.1 Å². The second-order valence-corrected chi connectivity index (χ2v) is 7.13. The summed E-state index contributed by atoms with van der Waals surface area (Å²) in [7, 11) is 0. The van der Waals surface area contributed by atoms with Crippen LogP contribution in [0.1, 0.15) is 34.5 Å². The number of rotatable bonds is 9. The molecule has 1 amide bonds. The molecule has 0 radical (unpaired) electrons. The molecule has 0 saturated carbocycles. The molecule has 2 aromatic heterocycles. The Labute approximate surface area is 182 Å². The van der Waals surface area contributed by atoms with Gasteiger partial charge < -0.3 is 27.0 Å². The molecule has 11 heteroatoms. The number of fused-ring (bicyclic) bond motifs is 1. The monoisotopic (exact) mass is 438 g/mol. The maximum absolute atomic E-state index is 12.3. The predicted octanol–water partition coefficient (Wildman–Crippen LogP) is 1.02. The lowest BCUT2D eigenvalue weighted by Gasteiger charge is -2.13. The van der Waals surface area contributed by atoms with Crippen LogP contribution in [0, 0.1) is 0 Å². The number of benzene rings is 1. The lowest BCUT2D eigenvalue weighted by Crippen LogP contribution is -2.41. The fourth-order valence-electron chi connectivity index (χ4n) is 3.10. The van der Waals surface area contributed by atoms with Crippen LogP contribution in [0.5, 0.6) is 0 Å². The Morgan fingerprint density at radius 3 is 2.31 bits per heavy atom. The van der Waals surface area contributed by atoms with E-state index < -0.39 is 23.9 Å². The Balaban J connectivity index is 1.62. The van der Waals surface area contributed by atoms with E-state index in [1.54, 1.807) is 30.3 Å². The lowest BCUT2D eigenvalue weighted by molar-refractivity contribution is -0.140. The van der Waals surface area contributed by atoms with Gasteiger partial charge in [0.15, 0.2) is 5.82 Å². The van der Waals surface area contributed by atoms with E-state index in [0.29, 0.717) is 23.9 Å². The first-order chi connectivity index (χ1) is 15.2. The van der Waals surface area contributed by atoms with Crippen LogP contribution in [0.4, 0.5) is 11.8 Å². The highest BCUT2D eigenvalue weighted by Crippen LogP contribution is 2.18. The third-order valence-electron chi connectivity index (χ3n) is 4.78. The van der Waals surface area contributed by atoms with Gasteiger partial charge in [0.1, 0.15) is 11.6 Å². The highest BCUT2D eigenvalue weighted by atomic mass is 16.4. The van der Waals surface area contributed by atoms with E-state index in [4.69, 9.17) is 21.7 Å². The molecule has 0 spiro atoms. The summed E-state index contributed by atoms with van der Waals surface area (Å²) in [4.78, 5) is 46.7. The van der Waals surface area contributed by atoms with Crippen molar-refractivity contribution in [2.24, 2.45) is 0 Å². The molecule has 1 aromatic carbocycles. The first-order valence-corrected chi connectivity index (χ1v) is 9.76. The van der Waals surface area contributed by atoms with E-state index in [-0.39, 0.29) is 30.2 Å². The molecule has 0 saturated heterocycles. The highest BCUT2D eigenvalue weighted by molar-refractivity contribution is 5.96. The Kier molecular flexibility index (Phi) is 6.78. The van der Waals surface area contributed by atoms with Gasteiger partial charge in [-0.1, -0.05) is 12.1 Å². The minimum absolute atomic E-state index is 0.0882. The number of aryl methyl sites for hydroxylation is 2. The summed E-state index contributed by atoms with van der Waals surface area (Å²) in [6.07, 6.45) is 0.702. The van der Waals surface area contributed by atoms with E-state index in [1.807, 2.05) is 6.07 Å². The molecule has 11 nitrogen and oxygen atoms in total. The molecule has 0 bridgehead atoms. The summed E-state index contributed by atoms with van der Waals surface area (Å²) in [5.41, 5.74) is 14.5. The maximum atomic E-state index is 12.3. The van der Waals surface area contributed by atoms with Crippen LogP contribution in [0.2, 0.25) is 0 Å². The molecular weight excluding hydrogens is 416 g/mol. The van der Waals surface area contributed by atoms with Crippen LogP contribution < -0.4 is 16.8 Å². The van der Waals surface area contributed by atoms with Crippen LogP contribution in [0.15, 0.2) is 36.4 Å². The number of pyridine rings is 1. The zero-order chi connectivity index (χ0) is 23.3. The number of aliphatic carboxylic acids is 2. The van der Waals surface area contributed by atoms with Crippen LogP contribution in [0.3, 0.4) is 0 Å². The number of nitrogens with two attached hydrogens (primary N) is 2. The van der Waals surface area contributed by atoms with Crippen molar-refractivity contribution < 1.29 is 24.6 Å². The topological polar surface area (TPSA) is 194 Å². The lowest BCUT2D eigenvalue weighted by atomic mass is 10.0. The number of aromatic nitrogens is 3. The van der Waals surface area contributed by atoms with Gasteiger partial charge in [0, 0.05) is 17.7 Å². The quantitative estimate of drug-likeness (QED) is 0.322. The van der Waals surface area contributed by atoms with E-state index >= 15 is 0 Å². The minimum Gasteiger partial charge on any atom is -0.481 e. The number of hydrogen-bond acceptors (Lipinski definition) is 8. The zero-order valence-corrected chi connectivity index (χ0v) is 17.0. The summed E-state index contributed by atoms with van der Waals surface area (Å²) in [5.74, 6) is -2.69. The van der Waals surface area contributed by atoms with E-state index in [0.717, 1.165) is 11.3 Å². The number of hydrogen-bond donors (Lipinski definition) is 5. The summed E-state index contributed by atoms with van der Waals surface area (Å²) < 4.78 is 0. The summed E-state index contributed by atoms with van der Waals surface area (Å²) in [5, 5.41) is 20.2. The third-order valence-corrected chi connectivity index (χ3v) is 4.78. The van der Waals surface area contributed by atoms with Gasteiger partial charge in [-0.15, -0.1) is 0 Å². The van der Waals surface area contributed by atoms with Gasteiger partial charge in [0.05, 0.1) is 5.52 Å². The van der Waals surface area contributed by atoms with Gasteiger partial charge in [-0.2, -0.15) is 4.98 Å². The second-order valence-electron chi connectivity index (χ2n) is 7.13. The summed E-state index contributed by atoms with van der Waals surface area (Å²) in [6, 6.07) is 9.04. The molecule has 3 aromatic rings. The van der Waals surface area contributed by atoms with Gasteiger partial charge in [-0.3, -0.25) is 9.59 Å². The predicted molar refractivity (Wildman–Crippen MR) is 116 cm³/mol. The first kappa shape index (κ1) is 22.4. The normalized spacial score (nSPS) is 11.8. The molecule has 0 unspecified atom stereocenters. The number of nitrogen functional groups attached to an aromatic ring is 2. The van der Waals surface area contributed by atoms with Crippen molar-refractivity contribution in [2.45, 2.75) is 31.7 Å². The Bertz CT molecular complexity index is 1170. The summed E-state index contributed by atoms with van der Waals surface area (Å²) >= 11 is 0. The standard InChI is InChI=1S/C21H22N6O5/c22-18-17-14(26-21(23)27-18)8-7-13(24-17)6-3-11-1-4-12(5-2-11)19(30)25-15(20(31)32)9-10-16(28)29/h1-2,4-5,7-8,15H,3,6,9-10H2,(H,25,30)(H,28,29)(H,31,32)(H4,22,23,26,27)/t15-/m0/s1. The number of amides is 1. The molecule has 166 valence electrons. The third kappa shape index (κ3) is 5.65. The van der Waals surface area contributed by atoms with Gasteiger partial charge in [0.25, 0.3) is 5.91 Å². The molecular formula is C21H22N6O5. The first-order valence-electron chi connectivity index (χ1n) is 9.76. The second kappa shape index (κ2) is 9.69. The fraction of sp³-hybridized carbons (Fsp3) is 0.238. The number of nitrogens with zero attached hydrogens (tertiary/aromatic N) is 3. The molecule has 0 aliphatic rings. The average Bonchev–Trinajstić information content (AvgIpc) is 2.75. The molecule has 3 rings (SSSR count). The molecule has 32 heavy (non-hydrogen) atoms. The van der Waals surface area contributed by atoms with E-state index in [2.05, 4.69) is 20.3 Å².